The number of aromatic amines is 1. The molecule has 1 aromatic carbocycles. The predicted molar refractivity (Wildman–Crippen MR) is 86.3 cm³/mol. The molecular weight excluding hydrogens is 312 g/mol. The standard InChI is InChI=1S/C17H16N2O5/c20-14-9-13(16(21)22)12-7-4-8-19(15(12)18-14)17(23)24-10-11-5-2-1-3-6-11/h1-3,5-6,9H,4,7-8,10H2,(H,18,20)(H,21,22). The molecule has 24 heavy (non-hydrogen) atoms. The molecule has 0 fully saturated rings. The first kappa shape index (κ1) is 15.8. The highest BCUT2D eigenvalue weighted by molar-refractivity contribution is 5.94. The monoisotopic (exact) mass is 328 g/mol. The van der Waals surface area contributed by atoms with Gasteiger partial charge in [0.15, 0.2) is 0 Å². The lowest BCUT2D eigenvalue weighted by atomic mass is 10.0. The van der Waals surface area contributed by atoms with Gasteiger partial charge < -0.3 is 14.8 Å². The van der Waals surface area contributed by atoms with Gasteiger partial charge in [-0.1, -0.05) is 30.3 Å². The number of carbonyl (C=O) groups excluding carboxylic acids is 1. The van der Waals surface area contributed by atoms with Crippen LogP contribution in [0.15, 0.2) is 41.2 Å². The number of ether oxygens (including phenoxy) is 1. The number of benzene rings is 1. The molecule has 0 atom stereocenters. The van der Waals surface area contributed by atoms with Gasteiger partial charge in [-0.05, 0) is 18.4 Å². The Bertz CT molecular complexity index is 829. The van der Waals surface area contributed by atoms with E-state index in [-0.39, 0.29) is 18.0 Å². The number of carboxylic acid groups (broad SMARTS) is 1. The molecule has 7 heteroatoms. The molecule has 0 spiro atoms. The average Bonchev–Trinajstić information content (AvgIpc) is 2.59. The van der Waals surface area contributed by atoms with Crippen LogP contribution >= 0.6 is 0 Å². The van der Waals surface area contributed by atoms with E-state index in [1.165, 1.54) is 4.90 Å². The number of aromatic carboxylic acids is 1. The maximum absolute atomic E-state index is 12.4. The molecule has 2 aromatic rings. The first-order chi connectivity index (χ1) is 11.6. The molecule has 1 aliphatic heterocycles. The van der Waals surface area contributed by atoms with Crippen LogP contribution in [0.2, 0.25) is 0 Å². The highest BCUT2D eigenvalue weighted by Crippen LogP contribution is 2.27. The summed E-state index contributed by atoms with van der Waals surface area (Å²) in [7, 11) is 0. The zero-order valence-corrected chi connectivity index (χ0v) is 12.8. The number of rotatable bonds is 3. The Labute approximate surface area is 137 Å². The van der Waals surface area contributed by atoms with Crippen LogP contribution < -0.4 is 10.5 Å². The summed E-state index contributed by atoms with van der Waals surface area (Å²) in [5, 5.41) is 9.25. The second kappa shape index (κ2) is 6.57. The molecule has 0 aliphatic carbocycles. The van der Waals surface area contributed by atoms with Crippen molar-refractivity contribution < 1.29 is 19.4 Å². The second-order valence-corrected chi connectivity index (χ2v) is 5.47. The van der Waals surface area contributed by atoms with Gasteiger partial charge in [-0.25, -0.2) is 9.59 Å². The van der Waals surface area contributed by atoms with E-state index in [1.807, 2.05) is 30.3 Å². The van der Waals surface area contributed by atoms with E-state index in [1.54, 1.807) is 0 Å². The first-order valence-electron chi connectivity index (χ1n) is 7.54. The molecule has 124 valence electrons. The Kier molecular flexibility index (Phi) is 4.33. The van der Waals surface area contributed by atoms with Crippen molar-refractivity contribution in [3.05, 3.63) is 63.4 Å². The number of fused-ring (bicyclic) bond motifs is 1. The summed E-state index contributed by atoms with van der Waals surface area (Å²) in [4.78, 5) is 39.2. The van der Waals surface area contributed by atoms with E-state index in [2.05, 4.69) is 4.98 Å². The molecule has 2 heterocycles. The number of nitrogens with zero attached hydrogens (tertiary/aromatic N) is 1. The highest BCUT2D eigenvalue weighted by Gasteiger charge is 2.28. The Hall–Kier alpha value is -3.09. The molecule has 3 rings (SSSR count). The smallest absolute Gasteiger partial charge is 0.415 e. The molecule has 0 radical (unpaired) electrons. The van der Waals surface area contributed by atoms with E-state index >= 15 is 0 Å². The number of carboxylic acids is 1. The summed E-state index contributed by atoms with van der Waals surface area (Å²) in [6.07, 6.45) is 0.466. The van der Waals surface area contributed by atoms with Crippen LogP contribution in [-0.4, -0.2) is 28.7 Å². The predicted octanol–water partition coefficient (Wildman–Crippen LogP) is 2.16. The van der Waals surface area contributed by atoms with Crippen LogP contribution in [0, 0.1) is 0 Å². The molecule has 7 nitrogen and oxygen atoms in total. The van der Waals surface area contributed by atoms with Crippen LogP contribution in [-0.2, 0) is 17.8 Å². The largest absolute Gasteiger partial charge is 0.478 e. The summed E-state index contributed by atoms with van der Waals surface area (Å²) in [6.45, 7) is 0.466. The summed E-state index contributed by atoms with van der Waals surface area (Å²) in [5.41, 5.74) is 0.657. The summed E-state index contributed by atoms with van der Waals surface area (Å²) >= 11 is 0. The number of hydrogen-bond acceptors (Lipinski definition) is 4. The van der Waals surface area contributed by atoms with E-state index in [0.29, 0.717) is 24.9 Å². The van der Waals surface area contributed by atoms with Crippen molar-refractivity contribution in [3.63, 3.8) is 0 Å². The van der Waals surface area contributed by atoms with Crippen molar-refractivity contribution in [2.24, 2.45) is 0 Å². The summed E-state index contributed by atoms with van der Waals surface area (Å²) in [5.74, 6) is -0.971. The topological polar surface area (TPSA) is 99.7 Å². The third-order valence-corrected chi connectivity index (χ3v) is 3.86. The number of hydrogen-bond donors (Lipinski definition) is 2. The van der Waals surface area contributed by atoms with Crippen LogP contribution in [0.25, 0.3) is 0 Å². The zero-order chi connectivity index (χ0) is 17.1. The fraction of sp³-hybridized carbons (Fsp3) is 0.235. The van der Waals surface area contributed by atoms with Crippen LogP contribution in [0.3, 0.4) is 0 Å². The van der Waals surface area contributed by atoms with Crippen molar-refractivity contribution >= 4 is 17.9 Å². The third-order valence-electron chi connectivity index (χ3n) is 3.86. The minimum Gasteiger partial charge on any atom is -0.478 e. The average molecular weight is 328 g/mol. The Morgan fingerprint density at radius 3 is 2.71 bits per heavy atom. The molecule has 0 saturated carbocycles. The van der Waals surface area contributed by atoms with Gasteiger partial charge in [-0.3, -0.25) is 9.69 Å². The molecule has 1 aliphatic rings. The highest BCUT2D eigenvalue weighted by atomic mass is 16.6. The molecule has 0 unspecified atom stereocenters. The van der Waals surface area contributed by atoms with Gasteiger partial charge in [0.05, 0.1) is 5.56 Å². The van der Waals surface area contributed by atoms with Crippen LogP contribution in [0.4, 0.5) is 10.6 Å². The van der Waals surface area contributed by atoms with Gasteiger partial charge in [-0.15, -0.1) is 0 Å². The minimum atomic E-state index is -1.18. The number of amides is 1. The number of nitrogens with one attached hydrogen (secondary N) is 1. The Morgan fingerprint density at radius 1 is 1.25 bits per heavy atom. The molecule has 1 amide bonds. The lowest BCUT2D eigenvalue weighted by Gasteiger charge is -2.28. The van der Waals surface area contributed by atoms with Gasteiger partial charge in [0, 0.05) is 18.2 Å². The van der Waals surface area contributed by atoms with Crippen molar-refractivity contribution in [3.8, 4) is 0 Å². The fourth-order valence-corrected chi connectivity index (χ4v) is 2.75. The van der Waals surface area contributed by atoms with Crippen molar-refractivity contribution in [1.29, 1.82) is 0 Å². The van der Waals surface area contributed by atoms with Gasteiger partial charge in [0.25, 0.3) is 0 Å². The number of pyridine rings is 1. The molecule has 0 saturated heterocycles. The second-order valence-electron chi connectivity index (χ2n) is 5.47. The van der Waals surface area contributed by atoms with Gasteiger partial charge in [0.1, 0.15) is 12.4 Å². The van der Waals surface area contributed by atoms with Crippen molar-refractivity contribution in [2.75, 3.05) is 11.4 Å². The number of H-pyrrole nitrogens is 1. The quantitative estimate of drug-likeness (QED) is 0.899. The molecule has 2 N–H and O–H groups in total. The molecular formula is C17H16N2O5. The van der Waals surface area contributed by atoms with Crippen LogP contribution in [0.5, 0.6) is 0 Å². The van der Waals surface area contributed by atoms with Crippen molar-refractivity contribution in [1.82, 2.24) is 4.98 Å². The Balaban J connectivity index is 1.85. The molecule has 1 aromatic heterocycles. The maximum Gasteiger partial charge on any atom is 0.415 e. The van der Waals surface area contributed by atoms with Gasteiger partial charge >= 0.3 is 12.1 Å². The maximum atomic E-state index is 12.4. The zero-order valence-electron chi connectivity index (χ0n) is 12.8. The number of aromatic nitrogens is 1. The Morgan fingerprint density at radius 2 is 2.00 bits per heavy atom. The number of anilines is 1. The van der Waals surface area contributed by atoms with E-state index in [4.69, 9.17) is 4.74 Å². The van der Waals surface area contributed by atoms with Crippen LogP contribution in [0.1, 0.15) is 27.9 Å². The van der Waals surface area contributed by atoms with Crippen molar-refractivity contribution in [2.45, 2.75) is 19.4 Å². The minimum absolute atomic E-state index is 0.0747. The van der Waals surface area contributed by atoms with Gasteiger partial charge in [0.2, 0.25) is 5.56 Å². The molecule has 0 bridgehead atoms. The third kappa shape index (κ3) is 3.15. The lowest BCUT2D eigenvalue weighted by Crippen LogP contribution is -2.38. The van der Waals surface area contributed by atoms with Gasteiger partial charge in [-0.2, -0.15) is 0 Å². The summed E-state index contributed by atoms with van der Waals surface area (Å²) < 4.78 is 5.28. The number of carbonyl (C=O) groups is 2. The fourth-order valence-electron chi connectivity index (χ4n) is 2.75. The SMILES string of the molecule is O=C(O)c1cc(=O)[nH]c2c1CCCN2C(=O)OCc1ccccc1. The normalized spacial score (nSPS) is 13.2. The first-order valence-corrected chi connectivity index (χ1v) is 7.54. The van der Waals surface area contributed by atoms with E-state index < -0.39 is 17.6 Å². The lowest BCUT2D eigenvalue weighted by molar-refractivity contribution is 0.0695. The van der Waals surface area contributed by atoms with E-state index in [0.717, 1.165) is 11.6 Å². The van der Waals surface area contributed by atoms with E-state index in [9.17, 15) is 19.5 Å². The summed E-state index contributed by atoms with van der Waals surface area (Å²) in [6, 6.07) is 10.3.